The van der Waals surface area contributed by atoms with Gasteiger partial charge in [0, 0.05) is 36.7 Å². The zero-order valence-electron chi connectivity index (χ0n) is 11.4. The minimum Gasteiger partial charge on any atom is -0.497 e. The number of benzene rings is 1. The summed E-state index contributed by atoms with van der Waals surface area (Å²) in [6, 6.07) is 6.17. The molecular weight excluding hydrogens is 238 g/mol. The van der Waals surface area contributed by atoms with Gasteiger partial charge < -0.3 is 9.72 Å². The van der Waals surface area contributed by atoms with Gasteiger partial charge in [0.2, 0.25) is 0 Å². The molecular formula is C15H21N3O. The highest BCUT2D eigenvalue weighted by molar-refractivity contribution is 5.84. The predicted molar refractivity (Wildman–Crippen MR) is 77.4 cm³/mol. The molecule has 2 aromatic rings. The van der Waals surface area contributed by atoms with Crippen LogP contribution in [0.3, 0.4) is 0 Å². The molecule has 102 valence electrons. The van der Waals surface area contributed by atoms with Gasteiger partial charge in [0.25, 0.3) is 0 Å². The summed E-state index contributed by atoms with van der Waals surface area (Å²) >= 11 is 0. The van der Waals surface area contributed by atoms with E-state index in [-0.39, 0.29) is 0 Å². The number of H-pyrrole nitrogens is 1. The molecule has 0 unspecified atom stereocenters. The molecule has 0 bridgehead atoms. The van der Waals surface area contributed by atoms with Crippen LogP contribution in [0.1, 0.15) is 18.4 Å². The van der Waals surface area contributed by atoms with E-state index in [4.69, 9.17) is 4.74 Å². The van der Waals surface area contributed by atoms with Crippen LogP contribution in [0.25, 0.3) is 10.9 Å². The van der Waals surface area contributed by atoms with E-state index in [1.54, 1.807) is 7.11 Å². The summed E-state index contributed by atoms with van der Waals surface area (Å²) in [6.45, 7) is 3.35. The van der Waals surface area contributed by atoms with Crippen LogP contribution in [0.4, 0.5) is 0 Å². The molecule has 1 aliphatic heterocycles. The fourth-order valence-corrected chi connectivity index (χ4v) is 2.72. The molecule has 0 spiro atoms. The van der Waals surface area contributed by atoms with E-state index in [1.807, 2.05) is 6.07 Å². The third kappa shape index (κ3) is 2.74. The number of rotatable bonds is 5. The molecule has 19 heavy (non-hydrogen) atoms. The van der Waals surface area contributed by atoms with Gasteiger partial charge in [-0.2, -0.15) is 0 Å². The Balaban J connectivity index is 1.66. The van der Waals surface area contributed by atoms with Gasteiger partial charge in [0.15, 0.2) is 0 Å². The average Bonchev–Trinajstić information content (AvgIpc) is 3.08. The van der Waals surface area contributed by atoms with Gasteiger partial charge in [0.1, 0.15) is 5.75 Å². The van der Waals surface area contributed by atoms with Crippen molar-refractivity contribution in [2.45, 2.75) is 19.3 Å². The number of ether oxygens (including phenoxy) is 1. The lowest BCUT2D eigenvalue weighted by Gasteiger charge is -2.15. The Labute approximate surface area is 113 Å². The van der Waals surface area contributed by atoms with Gasteiger partial charge in [-0.05, 0) is 43.0 Å². The third-order valence-corrected chi connectivity index (χ3v) is 3.81. The van der Waals surface area contributed by atoms with E-state index in [9.17, 15) is 0 Å². The smallest absolute Gasteiger partial charge is 0.119 e. The van der Waals surface area contributed by atoms with E-state index in [0.717, 1.165) is 18.7 Å². The van der Waals surface area contributed by atoms with Crippen molar-refractivity contribution in [2.24, 2.45) is 0 Å². The summed E-state index contributed by atoms with van der Waals surface area (Å²) in [4.78, 5) is 3.32. The Bertz CT molecular complexity index is 543. The maximum absolute atomic E-state index is 5.29. The fraction of sp³-hybridized carbons (Fsp3) is 0.467. The quantitative estimate of drug-likeness (QED) is 0.865. The maximum Gasteiger partial charge on any atom is 0.119 e. The Morgan fingerprint density at radius 1 is 1.32 bits per heavy atom. The summed E-state index contributed by atoms with van der Waals surface area (Å²) in [7, 11) is 1.71. The first-order valence-corrected chi connectivity index (χ1v) is 6.99. The van der Waals surface area contributed by atoms with E-state index in [1.165, 1.54) is 42.4 Å². The molecule has 1 saturated heterocycles. The van der Waals surface area contributed by atoms with Crippen LogP contribution in [-0.2, 0) is 6.42 Å². The molecule has 1 aromatic carbocycles. The molecule has 2 N–H and O–H groups in total. The van der Waals surface area contributed by atoms with Crippen molar-refractivity contribution in [3.8, 4) is 5.75 Å². The SMILES string of the molecule is COc1ccc2[nH]cc(CCNN3CCCC3)c2c1. The molecule has 1 aromatic heterocycles. The minimum atomic E-state index is 0.917. The Kier molecular flexibility index (Phi) is 3.71. The van der Waals surface area contributed by atoms with Crippen molar-refractivity contribution < 1.29 is 4.74 Å². The van der Waals surface area contributed by atoms with Gasteiger partial charge in [-0.25, -0.2) is 5.01 Å². The Hall–Kier alpha value is -1.52. The lowest BCUT2D eigenvalue weighted by Crippen LogP contribution is -2.36. The van der Waals surface area contributed by atoms with Crippen molar-refractivity contribution >= 4 is 10.9 Å². The van der Waals surface area contributed by atoms with Crippen LogP contribution < -0.4 is 10.2 Å². The zero-order chi connectivity index (χ0) is 13.1. The number of hydrogen-bond donors (Lipinski definition) is 2. The molecule has 0 radical (unpaired) electrons. The molecule has 4 heteroatoms. The number of methoxy groups -OCH3 is 1. The van der Waals surface area contributed by atoms with Crippen molar-refractivity contribution in [3.05, 3.63) is 30.0 Å². The minimum absolute atomic E-state index is 0.917. The van der Waals surface area contributed by atoms with Gasteiger partial charge in [0.05, 0.1) is 7.11 Å². The van der Waals surface area contributed by atoms with Gasteiger partial charge in [-0.15, -0.1) is 0 Å². The number of aromatic amines is 1. The largest absolute Gasteiger partial charge is 0.497 e. The number of nitrogens with zero attached hydrogens (tertiary/aromatic N) is 1. The first-order valence-electron chi connectivity index (χ1n) is 6.99. The van der Waals surface area contributed by atoms with Crippen molar-refractivity contribution in [1.82, 2.24) is 15.4 Å². The number of nitrogens with one attached hydrogen (secondary N) is 2. The molecule has 1 fully saturated rings. The highest BCUT2D eigenvalue weighted by Crippen LogP contribution is 2.23. The second kappa shape index (κ2) is 5.63. The number of aromatic nitrogens is 1. The summed E-state index contributed by atoms with van der Waals surface area (Å²) in [5.41, 5.74) is 6.03. The van der Waals surface area contributed by atoms with Crippen LogP contribution in [0.15, 0.2) is 24.4 Å². The normalized spacial score (nSPS) is 16.3. The van der Waals surface area contributed by atoms with Crippen LogP contribution in [0.2, 0.25) is 0 Å². The summed E-state index contributed by atoms with van der Waals surface area (Å²) in [5.74, 6) is 0.917. The van der Waals surface area contributed by atoms with Crippen molar-refractivity contribution in [1.29, 1.82) is 0 Å². The number of hydrazine groups is 1. The van der Waals surface area contributed by atoms with Crippen LogP contribution in [0.5, 0.6) is 5.75 Å². The first-order chi connectivity index (χ1) is 9.36. The lowest BCUT2D eigenvalue weighted by molar-refractivity contribution is 0.238. The maximum atomic E-state index is 5.29. The predicted octanol–water partition coefficient (Wildman–Crippen LogP) is 2.32. The van der Waals surface area contributed by atoms with E-state index in [0.29, 0.717) is 0 Å². The number of hydrogen-bond acceptors (Lipinski definition) is 3. The van der Waals surface area contributed by atoms with E-state index >= 15 is 0 Å². The first kappa shape index (κ1) is 12.5. The second-order valence-corrected chi connectivity index (χ2v) is 5.08. The highest BCUT2D eigenvalue weighted by atomic mass is 16.5. The third-order valence-electron chi connectivity index (χ3n) is 3.81. The standard InChI is InChI=1S/C15H21N3O/c1-19-13-4-5-15-14(10-13)12(11-16-15)6-7-17-18-8-2-3-9-18/h4-5,10-11,16-17H,2-3,6-9H2,1H3. The highest BCUT2D eigenvalue weighted by Gasteiger charge is 2.11. The number of fused-ring (bicyclic) bond motifs is 1. The Morgan fingerprint density at radius 2 is 2.16 bits per heavy atom. The van der Waals surface area contributed by atoms with Gasteiger partial charge in [-0.3, -0.25) is 5.43 Å². The van der Waals surface area contributed by atoms with Gasteiger partial charge in [-0.1, -0.05) is 0 Å². The van der Waals surface area contributed by atoms with E-state index < -0.39 is 0 Å². The fourth-order valence-electron chi connectivity index (χ4n) is 2.72. The topological polar surface area (TPSA) is 40.3 Å². The molecule has 3 rings (SSSR count). The zero-order valence-corrected chi connectivity index (χ0v) is 11.4. The van der Waals surface area contributed by atoms with Crippen LogP contribution in [0, 0.1) is 0 Å². The monoisotopic (exact) mass is 259 g/mol. The molecule has 0 atom stereocenters. The van der Waals surface area contributed by atoms with Crippen LogP contribution in [-0.4, -0.2) is 36.7 Å². The molecule has 0 amide bonds. The summed E-state index contributed by atoms with van der Waals surface area (Å²) < 4.78 is 5.29. The van der Waals surface area contributed by atoms with Crippen LogP contribution >= 0.6 is 0 Å². The van der Waals surface area contributed by atoms with Gasteiger partial charge >= 0.3 is 0 Å². The van der Waals surface area contributed by atoms with Crippen molar-refractivity contribution in [3.63, 3.8) is 0 Å². The molecule has 1 aliphatic rings. The van der Waals surface area contributed by atoms with Crippen molar-refractivity contribution in [2.75, 3.05) is 26.7 Å². The molecule has 0 aliphatic carbocycles. The molecule has 0 saturated carbocycles. The van der Waals surface area contributed by atoms with E-state index in [2.05, 4.69) is 33.7 Å². The Morgan fingerprint density at radius 3 is 2.95 bits per heavy atom. The average molecular weight is 259 g/mol. The summed E-state index contributed by atoms with van der Waals surface area (Å²) in [6.07, 6.45) is 5.77. The lowest BCUT2D eigenvalue weighted by atomic mass is 10.1. The molecule has 4 nitrogen and oxygen atoms in total. The summed E-state index contributed by atoms with van der Waals surface area (Å²) in [5, 5.41) is 3.60. The molecule has 2 heterocycles. The second-order valence-electron chi connectivity index (χ2n) is 5.08.